The summed E-state index contributed by atoms with van der Waals surface area (Å²) in [5, 5.41) is -0.101. The van der Waals surface area contributed by atoms with Gasteiger partial charge in [-0.1, -0.05) is 48.0 Å². The van der Waals surface area contributed by atoms with Crippen LogP contribution >= 0.6 is 50.1 Å². The van der Waals surface area contributed by atoms with E-state index in [-0.39, 0.29) is 5.38 Å². The van der Waals surface area contributed by atoms with Crippen molar-refractivity contribution in [3.05, 3.63) is 66.7 Å². The van der Waals surface area contributed by atoms with Crippen molar-refractivity contribution in [1.82, 2.24) is 0 Å². The first-order valence-electron chi connectivity index (χ1n) is 6.77. The molecule has 0 radical (unpaired) electrons. The fourth-order valence-electron chi connectivity index (χ4n) is 2.37. The molecule has 0 spiro atoms. The summed E-state index contributed by atoms with van der Waals surface area (Å²) in [6.45, 7) is 4.40. The highest BCUT2D eigenvalue weighted by atomic mass is 127. The third kappa shape index (κ3) is 3.58. The van der Waals surface area contributed by atoms with Crippen LogP contribution < -0.4 is 0 Å². The summed E-state index contributed by atoms with van der Waals surface area (Å²) in [7, 11) is 0. The summed E-state index contributed by atoms with van der Waals surface area (Å²) in [6, 6.07) is 12.9. The van der Waals surface area contributed by atoms with Crippen molar-refractivity contribution in [2.24, 2.45) is 0 Å². The second-order valence-electron chi connectivity index (χ2n) is 4.76. The first kappa shape index (κ1) is 16.3. The smallest absolute Gasteiger partial charge is 0.0846 e. The fourth-order valence-corrected chi connectivity index (χ4v) is 3.89. The number of halogens is 3. The van der Waals surface area contributed by atoms with Gasteiger partial charge in [0.15, 0.2) is 0 Å². The molecule has 20 heavy (non-hydrogen) atoms. The summed E-state index contributed by atoms with van der Waals surface area (Å²) >= 11 is 12.6. The van der Waals surface area contributed by atoms with Gasteiger partial charge in [0.2, 0.25) is 0 Å². The highest BCUT2D eigenvalue weighted by Gasteiger charge is 2.15. The van der Waals surface area contributed by atoms with Gasteiger partial charge in [-0.25, -0.2) is 0 Å². The van der Waals surface area contributed by atoms with E-state index in [9.17, 15) is 0 Å². The van der Waals surface area contributed by atoms with Gasteiger partial charge < -0.3 is 0 Å². The van der Waals surface area contributed by atoms with Crippen molar-refractivity contribution in [2.45, 2.75) is 32.1 Å². The van der Waals surface area contributed by atoms with E-state index in [1.807, 2.05) is 6.07 Å². The molecule has 0 aromatic heterocycles. The van der Waals surface area contributed by atoms with E-state index >= 15 is 0 Å². The van der Waals surface area contributed by atoms with E-state index in [2.05, 4.69) is 82.7 Å². The molecule has 0 N–H and O–H groups in total. The molecule has 1 atom stereocenters. The highest BCUT2D eigenvalue weighted by molar-refractivity contribution is 14.1. The van der Waals surface area contributed by atoms with Crippen LogP contribution in [0.4, 0.5) is 0 Å². The van der Waals surface area contributed by atoms with Gasteiger partial charge in [0, 0.05) is 8.04 Å². The van der Waals surface area contributed by atoms with Gasteiger partial charge in [-0.15, -0.1) is 11.6 Å². The maximum Gasteiger partial charge on any atom is 0.0846 e. The quantitative estimate of drug-likeness (QED) is 0.358. The minimum absolute atomic E-state index is 0.101. The van der Waals surface area contributed by atoms with E-state index in [0.717, 1.165) is 22.9 Å². The number of aryl methyl sites for hydroxylation is 2. The Kier molecular flexibility index (Phi) is 5.94. The van der Waals surface area contributed by atoms with E-state index < -0.39 is 0 Å². The molecule has 2 rings (SSSR count). The molecule has 106 valence electrons. The molecule has 0 saturated carbocycles. The summed E-state index contributed by atoms with van der Waals surface area (Å²) in [5.74, 6) is 0. The molecule has 0 nitrogen and oxygen atoms in total. The van der Waals surface area contributed by atoms with Gasteiger partial charge in [0.25, 0.3) is 0 Å². The Morgan fingerprint density at radius 2 is 1.75 bits per heavy atom. The molecule has 0 amide bonds. The van der Waals surface area contributed by atoms with Gasteiger partial charge in [-0.2, -0.15) is 0 Å². The van der Waals surface area contributed by atoms with Gasteiger partial charge in [0.05, 0.1) is 5.38 Å². The van der Waals surface area contributed by atoms with Crippen molar-refractivity contribution < 1.29 is 0 Å². The lowest BCUT2D eigenvalue weighted by molar-refractivity contribution is 1.01. The van der Waals surface area contributed by atoms with Gasteiger partial charge in [0.1, 0.15) is 0 Å². The summed E-state index contributed by atoms with van der Waals surface area (Å²) < 4.78 is 2.27. The molecule has 0 aliphatic carbocycles. The highest BCUT2D eigenvalue weighted by Crippen LogP contribution is 2.34. The largest absolute Gasteiger partial charge is 0.113 e. The second-order valence-corrected chi connectivity index (χ2v) is 7.28. The first-order valence-corrected chi connectivity index (χ1v) is 9.08. The third-order valence-electron chi connectivity index (χ3n) is 3.52. The summed E-state index contributed by atoms with van der Waals surface area (Å²) in [4.78, 5) is 0. The van der Waals surface area contributed by atoms with Crippen molar-refractivity contribution in [2.75, 3.05) is 0 Å². The Hall–Kier alpha value is -0.0600. The van der Waals surface area contributed by atoms with Crippen LogP contribution in [0.25, 0.3) is 0 Å². The van der Waals surface area contributed by atoms with Crippen LogP contribution in [0.3, 0.4) is 0 Å². The zero-order chi connectivity index (χ0) is 14.7. The average molecular weight is 464 g/mol. The zero-order valence-corrected chi connectivity index (χ0v) is 16.1. The molecule has 2 aromatic rings. The first-order chi connectivity index (χ1) is 9.56. The van der Waals surface area contributed by atoms with Crippen molar-refractivity contribution in [3.63, 3.8) is 0 Å². The Bertz CT molecular complexity index is 610. The maximum atomic E-state index is 6.71. The van der Waals surface area contributed by atoms with Gasteiger partial charge in [-0.05, 0) is 75.9 Å². The third-order valence-corrected chi connectivity index (χ3v) is 5.48. The minimum atomic E-state index is -0.101. The molecule has 0 aliphatic rings. The lowest BCUT2D eigenvalue weighted by Crippen LogP contribution is -1.99. The number of alkyl halides is 1. The molecular weight excluding hydrogens is 446 g/mol. The van der Waals surface area contributed by atoms with Gasteiger partial charge >= 0.3 is 0 Å². The van der Waals surface area contributed by atoms with Crippen LogP contribution in [0, 0.1) is 3.57 Å². The van der Waals surface area contributed by atoms with Crippen LogP contribution in [0.1, 0.15) is 41.5 Å². The topological polar surface area (TPSA) is 0 Å². The predicted molar refractivity (Wildman–Crippen MR) is 99.8 cm³/mol. The summed E-state index contributed by atoms with van der Waals surface area (Å²) in [6.07, 6.45) is 2.13. The van der Waals surface area contributed by atoms with Crippen molar-refractivity contribution in [3.8, 4) is 0 Å². The van der Waals surface area contributed by atoms with Gasteiger partial charge in [-0.3, -0.25) is 0 Å². The second kappa shape index (κ2) is 7.28. The van der Waals surface area contributed by atoms with Crippen molar-refractivity contribution in [1.29, 1.82) is 0 Å². The van der Waals surface area contributed by atoms with E-state index in [0.29, 0.717) is 0 Å². The van der Waals surface area contributed by atoms with Crippen LogP contribution in [0.2, 0.25) is 0 Å². The Labute approximate surface area is 148 Å². The predicted octanol–water partition coefficient (Wildman–Crippen LogP) is 6.51. The van der Waals surface area contributed by atoms with E-state index in [1.165, 1.54) is 20.3 Å². The summed E-state index contributed by atoms with van der Waals surface area (Å²) in [5.41, 5.74) is 5.16. The van der Waals surface area contributed by atoms with Crippen LogP contribution in [-0.4, -0.2) is 0 Å². The molecule has 3 heteroatoms. The molecule has 0 fully saturated rings. The Morgan fingerprint density at radius 1 is 1.05 bits per heavy atom. The molecular formula is C17H17BrClI. The SMILES string of the molecule is CCc1ccc(C(Cl)c2cc(Br)ccc2I)cc1CC. The van der Waals surface area contributed by atoms with E-state index in [4.69, 9.17) is 11.6 Å². The normalized spacial score (nSPS) is 12.4. The number of hydrogen-bond acceptors (Lipinski definition) is 0. The van der Waals surface area contributed by atoms with Crippen LogP contribution in [0.15, 0.2) is 40.9 Å². The molecule has 0 bridgehead atoms. The molecule has 0 saturated heterocycles. The van der Waals surface area contributed by atoms with Crippen molar-refractivity contribution >= 4 is 50.1 Å². The molecule has 0 aliphatic heterocycles. The maximum absolute atomic E-state index is 6.71. The monoisotopic (exact) mass is 462 g/mol. The lowest BCUT2D eigenvalue weighted by Gasteiger charge is -2.15. The Balaban J connectivity index is 2.42. The molecule has 1 unspecified atom stereocenters. The number of hydrogen-bond donors (Lipinski definition) is 0. The minimum Gasteiger partial charge on any atom is -0.113 e. The number of benzene rings is 2. The average Bonchev–Trinajstić information content (AvgIpc) is 2.48. The van der Waals surface area contributed by atoms with Crippen LogP contribution in [0.5, 0.6) is 0 Å². The fraction of sp³-hybridized carbons (Fsp3) is 0.294. The molecule has 0 heterocycles. The molecule has 2 aromatic carbocycles. The lowest BCUT2D eigenvalue weighted by atomic mass is 9.96. The zero-order valence-electron chi connectivity index (χ0n) is 11.6. The van der Waals surface area contributed by atoms with E-state index in [1.54, 1.807) is 0 Å². The standard InChI is InChI=1S/C17H17BrClI/c1-3-11-5-6-13(9-12(11)4-2)17(19)15-10-14(18)7-8-16(15)20/h5-10,17H,3-4H2,1-2H3. The van der Waals surface area contributed by atoms with Crippen LogP contribution in [-0.2, 0) is 12.8 Å². The Morgan fingerprint density at radius 3 is 2.40 bits per heavy atom. The number of rotatable bonds is 4.